The number of para-hydroxylation sites is 2. The number of nitrogens with zero attached hydrogens (tertiary/aromatic N) is 2. The Morgan fingerprint density at radius 1 is 1.14 bits per heavy atom. The van der Waals surface area contributed by atoms with E-state index in [2.05, 4.69) is 63.0 Å². The number of benzene rings is 2. The molecular weight excluding hydrogens is 463 g/mol. The van der Waals surface area contributed by atoms with Crippen molar-refractivity contribution in [2.75, 3.05) is 31.6 Å². The number of hydrogen-bond acceptors (Lipinski definition) is 3. The van der Waals surface area contributed by atoms with Crippen LogP contribution in [0.15, 0.2) is 70.1 Å². The quantitative estimate of drug-likeness (QED) is 0.322. The van der Waals surface area contributed by atoms with Crippen molar-refractivity contribution < 1.29 is 4.42 Å². The number of guanidine groups is 1. The Morgan fingerprint density at radius 2 is 1.93 bits per heavy atom. The Kier molecular flexibility index (Phi) is 7.19. The molecule has 28 heavy (non-hydrogen) atoms. The maximum Gasteiger partial charge on any atom is 0.191 e. The van der Waals surface area contributed by atoms with Crippen molar-refractivity contribution in [2.24, 2.45) is 4.99 Å². The van der Waals surface area contributed by atoms with Gasteiger partial charge in [0.15, 0.2) is 5.96 Å². The molecule has 4 rings (SSSR count). The van der Waals surface area contributed by atoms with Crippen LogP contribution in [0.2, 0.25) is 0 Å². The lowest BCUT2D eigenvalue weighted by molar-refractivity contribution is 0.543. The second kappa shape index (κ2) is 9.82. The van der Waals surface area contributed by atoms with Gasteiger partial charge in [-0.2, -0.15) is 0 Å². The molecule has 3 aromatic rings. The second-order valence-corrected chi connectivity index (χ2v) is 6.91. The summed E-state index contributed by atoms with van der Waals surface area (Å²) >= 11 is 0. The molecule has 0 radical (unpaired) electrons. The molecule has 1 fully saturated rings. The van der Waals surface area contributed by atoms with E-state index in [1.807, 2.05) is 25.2 Å². The average molecular weight is 490 g/mol. The molecule has 5 nitrogen and oxygen atoms in total. The third-order valence-electron chi connectivity index (χ3n) is 5.01. The second-order valence-electron chi connectivity index (χ2n) is 6.91. The zero-order valence-corrected chi connectivity index (χ0v) is 18.4. The van der Waals surface area contributed by atoms with E-state index in [1.165, 1.54) is 5.69 Å². The highest BCUT2D eigenvalue weighted by Gasteiger charge is 2.23. The highest BCUT2D eigenvalue weighted by Crippen LogP contribution is 2.20. The van der Waals surface area contributed by atoms with Gasteiger partial charge in [0.05, 0.1) is 0 Å². The summed E-state index contributed by atoms with van der Waals surface area (Å²) in [6, 6.07) is 21.2. The van der Waals surface area contributed by atoms with E-state index >= 15 is 0 Å². The minimum absolute atomic E-state index is 0. The third kappa shape index (κ3) is 4.98. The van der Waals surface area contributed by atoms with Gasteiger partial charge in [-0.1, -0.05) is 36.4 Å². The zero-order chi connectivity index (χ0) is 18.5. The number of nitrogens with one attached hydrogen (secondary N) is 2. The fourth-order valence-electron chi connectivity index (χ4n) is 3.60. The third-order valence-corrected chi connectivity index (χ3v) is 5.01. The van der Waals surface area contributed by atoms with Crippen molar-refractivity contribution in [3.8, 4) is 0 Å². The summed E-state index contributed by atoms with van der Waals surface area (Å²) in [5.74, 6) is 1.85. The summed E-state index contributed by atoms with van der Waals surface area (Å²) in [5, 5.41) is 8.10. The summed E-state index contributed by atoms with van der Waals surface area (Å²) in [6.45, 7) is 2.85. The molecule has 0 amide bonds. The first-order valence-electron chi connectivity index (χ1n) is 9.56. The van der Waals surface area contributed by atoms with Crippen LogP contribution in [0.3, 0.4) is 0 Å². The Morgan fingerprint density at radius 3 is 2.71 bits per heavy atom. The Bertz CT molecular complexity index is 876. The Balaban J connectivity index is 0.00000225. The number of hydrogen-bond donors (Lipinski definition) is 2. The van der Waals surface area contributed by atoms with Crippen molar-refractivity contribution in [2.45, 2.75) is 18.9 Å². The van der Waals surface area contributed by atoms with Gasteiger partial charge in [0.25, 0.3) is 0 Å². The number of halogens is 1. The van der Waals surface area contributed by atoms with Crippen molar-refractivity contribution in [3.05, 3.63) is 66.4 Å². The van der Waals surface area contributed by atoms with Crippen LogP contribution >= 0.6 is 24.0 Å². The first-order valence-corrected chi connectivity index (χ1v) is 9.56. The minimum Gasteiger partial charge on any atom is -0.461 e. The van der Waals surface area contributed by atoms with Crippen molar-refractivity contribution in [1.29, 1.82) is 0 Å². The van der Waals surface area contributed by atoms with Crippen LogP contribution < -0.4 is 15.5 Å². The molecule has 6 heteroatoms. The van der Waals surface area contributed by atoms with Crippen LogP contribution in [0.1, 0.15) is 12.2 Å². The number of aliphatic imine (C=N–C) groups is 1. The van der Waals surface area contributed by atoms with Gasteiger partial charge in [-0.3, -0.25) is 4.99 Å². The van der Waals surface area contributed by atoms with Crippen LogP contribution in [0, 0.1) is 0 Å². The van der Waals surface area contributed by atoms with E-state index < -0.39 is 0 Å². The Hall–Kier alpha value is -2.22. The van der Waals surface area contributed by atoms with Gasteiger partial charge >= 0.3 is 0 Å². The molecule has 1 atom stereocenters. The number of anilines is 1. The predicted molar refractivity (Wildman–Crippen MR) is 127 cm³/mol. The molecule has 1 aliphatic rings. The first-order chi connectivity index (χ1) is 13.3. The van der Waals surface area contributed by atoms with Gasteiger partial charge < -0.3 is 20.0 Å². The average Bonchev–Trinajstić information content (AvgIpc) is 3.34. The summed E-state index contributed by atoms with van der Waals surface area (Å²) < 4.78 is 5.87. The van der Waals surface area contributed by atoms with Crippen LogP contribution in [-0.4, -0.2) is 38.7 Å². The van der Waals surface area contributed by atoms with E-state index in [9.17, 15) is 0 Å². The molecule has 148 valence electrons. The lowest BCUT2D eigenvalue weighted by Crippen LogP contribution is -2.45. The molecule has 0 saturated carbocycles. The molecule has 2 N–H and O–H groups in total. The molecule has 1 saturated heterocycles. The van der Waals surface area contributed by atoms with Crippen molar-refractivity contribution in [1.82, 2.24) is 10.6 Å². The number of fused-ring (bicyclic) bond motifs is 1. The van der Waals surface area contributed by atoms with Crippen LogP contribution in [0.25, 0.3) is 11.0 Å². The molecule has 0 aliphatic carbocycles. The van der Waals surface area contributed by atoms with Crippen molar-refractivity contribution in [3.63, 3.8) is 0 Å². The number of rotatable bonds is 5. The van der Waals surface area contributed by atoms with Crippen molar-refractivity contribution >= 4 is 46.6 Å². The smallest absolute Gasteiger partial charge is 0.191 e. The number of furan rings is 1. The molecule has 2 heterocycles. The zero-order valence-electron chi connectivity index (χ0n) is 16.1. The largest absolute Gasteiger partial charge is 0.461 e. The summed E-state index contributed by atoms with van der Waals surface area (Å²) in [7, 11) is 1.82. The summed E-state index contributed by atoms with van der Waals surface area (Å²) in [6.07, 6.45) is 1.94. The van der Waals surface area contributed by atoms with E-state index in [0.717, 1.165) is 55.2 Å². The molecule has 1 aliphatic heterocycles. The van der Waals surface area contributed by atoms with Gasteiger partial charge in [-0.25, -0.2) is 0 Å². The van der Waals surface area contributed by atoms with E-state index in [0.29, 0.717) is 6.04 Å². The maximum absolute atomic E-state index is 5.87. The fourth-order valence-corrected chi connectivity index (χ4v) is 3.60. The normalized spacial score (nSPS) is 16.8. The molecule has 2 aromatic carbocycles. The fraction of sp³-hybridized carbons (Fsp3) is 0.318. The van der Waals surface area contributed by atoms with Crippen LogP contribution in [0.4, 0.5) is 5.69 Å². The van der Waals surface area contributed by atoms with E-state index in [4.69, 9.17) is 4.42 Å². The minimum atomic E-state index is 0. The lowest BCUT2D eigenvalue weighted by Gasteiger charge is -2.20. The summed E-state index contributed by atoms with van der Waals surface area (Å²) in [5.41, 5.74) is 2.23. The van der Waals surface area contributed by atoms with Gasteiger partial charge in [0.2, 0.25) is 0 Å². The topological polar surface area (TPSA) is 52.8 Å². The highest BCUT2D eigenvalue weighted by atomic mass is 127. The molecule has 1 unspecified atom stereocenters. The Labute approximate surface area is 183 Å². The molecule has 0 bridgehead atoms. The van der Waals surface area contributed by atoms with Gasteiger partial charge in [-0.05, 0) is 30.7 Å². The monoisotopic (exact) mass is 490 g/mol. The standard InChI is InChI=1S/C22H26N4O.HI/c1-23-22(24-13-11-20-15-17-7-5-6-10-21(17)27-20)25-18-12-14-26(16-18)19-8-3-2-4-9-19;/h2-10,15,18H,11-14,16H2,1H3,(H2,23,24,25);1H. The van der Waals surface area contributed by atoms with E-state index in [-0.39, 0.29) is 24.0 Å². The van der Waals surface area contributed by atoms with Gasteiger partial charge in [-0.15, -0.1) is 24.0 Å². The predicted octanol–water partition coefficient (Wildman–Crippen LogP) is 4.04. The SMILES string of the molecule is CN=C(NCCc1cc2ccccc2o1)NC1CCN(c2ccccc2)C1.I. The highest BCUT2D eigenvalue weighted by molar-refractivity contribution is 14.0. The molecule has 0 spiro atoms. The van der Waals surface area contributed by atoms with Gasteiger partial charge in [0.1, 0.15) is 11.3 Å². The maximum atomic E-state index is 5.87. The van der Waals surface area contributed by atoms with Crippen LogP contribution in [-0.2, 0) is 6.42 Å². The molecule has 1 aromatic heterocycles. The van der Waals surface area contributed by atoms with Crippen LogP contribution in [0.5, 0.6) is 0 Å². The summed E-state index contributed by atoms with van der Waals surface area (Å²) in [4.78, 5) is 6.78. The first kappa shape index (κ1) is 20.5. The lowest BCUT2D eigenvalue weighted by atomic mass is 10.2. The van der Waals surface area contributed by atoms with E-state index in [1.54, 1.807) is 0 Å². The van der Waals surface area contributed by atoms with Gasteiger partial charge in [0, 0.05) is 50.2 Å². The molecular formula is C22H27IN4O.